The van der Waals surface area contributed by atoms with E-state index in [-0.39, 0.29) is 0 Å². The van der Waals surface area contributed by atoms with Crippen molar-refractivity contribution < 1.29 is 4.74 Å². The third-order valence-electron chi connectivity index (χ3n) is 2.79. The van der Waals surface area contributed by atoms with Crippen molar-refractivity contribution in [1.82, 2.24) is 5.32 Å². The molecule has 0 heterocycles. The van der Waals surface area contributed by atoms with E-state index >= 15 is 0 Å². The van der Waals surface area contributed by atoms with Gasteiger partial charge < -0.3 is 10.1 Å². The van der Waals surface area contributed by atoms with Crippen LogP contribution in [0.15, 0.2) is 28.8 Å². The zero-order valence-electron chi connectivity index (χ0n) is 12.3. The van der Waals surface area contributed by atoms with E-state index < -0.39 is 0 Å². The van der Waals surface area contributed by atoms with Crippen LogP contribution in [-0.2, 0) is 6.54 Å². The zero-order chi connectivity index (χ0) is 14.4. The minimum Gasteiger partial charge on any atom is -0.493 e. The van der Waals surface area contributed by atoms with Crippen molar-refractivity contribution in [3.05, 3.63) is 39.9 Å². The predicted octanol–water partition coefficient (Wildman–Crippen LogP) is 4.60. The van der Waals surface area contributed by atoms with Crippen LogP contribution in [0.5, 0.6) is 5.75 Å². The summed E-state index contributed by atoms with van der Waals surface area (Å²) in [6.45, 7) is 13.8. The van der Waals surface area contributed by atoms with Gasteiger partial charge in [-0.05, 0) is 31.5 Å². The average Bonchev–Trinajstić information content (AvgIpc) is 2.28. The topological polar surface area (TPSA) is 21.3 Å². The molecule has 2 nitrogen and oxygen atoms in total. The van der Waals surface area contributed by atoms with Crippen molar-refractivity contribution in [3.63, 3.8) is 0 Å². The van der Waals surface area contributed by atoms with E-state index in [4.69, 9.17) is 4.74 Å². The van der Waals surface area contributed by atoms with Gasteiger partial charge in [0.15, 0.2) is 0 Å². The Morgan fingerprint density at radius 3 is 2.68 bits per heavy atom. The minimum absolute atomic E-state index is 0.461. The van der Waals surface area contributed by atoms with Crippen molar-refractivity contribution >= 4 is 15.9 Å². The number of ether oxygens (including phenoxy) is 1. The average molecular weight is 326 g/mol. The van der Waals surface area contributed by atoms with Gasteiger partial charge in [0.25, 0.3) is 0 Å². The summed E-state index contributed by atoms with van der Waals surface area (Å²) in [5.41, 5.74) is 3.51. The fraction of sp³-hybridized carbons (Fsp3) is 0.500. The molecule has 0 aromatic heterocycles. The largest absolute Gasteiger partial charge is 0.493 e. The lowest BCUT2D eigenvalue weighted by molar-refractivity contribution is 0.315. The third kappa shape index (κ3) is 5.79. The molecule has 0 saturated carbocycles. The van der Waals surface area contributed by atoms with Crippen LogP contribution >= 0.6 is 15.9 Å². The molecule has 3 heteroatoms. The molecule has 19 heavy (non-hydrogen) atoms. The van der Waals surface area contributed by atoms with Crippen LogP contribution < -0.4 is 10.1 Å². The standard InChI is InChI=1S/C16H24BrNO/c1-11(2)6-7-19-16-13(5)8-15(17)9-14(16)10-18-12(3)4/h8-9,12,18H,1,6-7,10H2,2-5H3. The third-order valence-corrected chi connectivity index (χ3v) is 3.25. The van der Waals surface area contributed by atoms with Crippen LogP contribution in [0, 0.1) is 6.92 Å². The molecule has 0 bridgehead atoms. The quantitative estimate of drug-likeness (QED) is 0.739. The molecule has 1 rings (SSSR count). The Kier molecular flexibility index (Phi) is 6.59. The summed E-state index contributed by atoms with van der Waals surface area (Å²) >= 11 is 3.55. The first kappa shape index (κ1) is 16.3. The van der Waals surface area contributed by atoms with Gasteiger partial charge in [0.1, 0.15) is 5.75 Å². The molecule has 106 valence electrons. The second-order valence-electron chi connectivity index (χ2n) is 5.30. The van der Waals surface area contributed by atoms with E-state index in [1.165, 1.54) is 5.56 Å². The Morgan fingerprint density at radius 1 is 1.42 bits per heavy atom. The molecule has 0 amide bonds. The number of halogens is 1. The number of benzene rings is 1. The Morgan fingerprint density at radius 2 is 2.11 bits per heavy atom. The van der Waals surface area contributed by atoms with Gasteiger partial charge in [-0.1, -0.05) is 35.4 Å². The van der Waals surface area contributed by atoms with Crippen molar-refractivity contribution in [2.24, 2.45) is 0 Å². The second kappa shape index (κ2) is 7.71. The lowest BCUT2D eigenvalue weighted by atomic mass is 10.1. The Labute approximate surface area is 125 Å². The Balaban J connectivity index is 2.83. The first-order valence-corrected chi connectivity index (χ1v) is 7.49. The minimum atomic E-state index is 0.461. The van der Waals surface area contributed by atoms with Gasteiger partial charge >= 0.3 is 0 Å². The summed E-state index contributed by atoms with van der Waals surface area (Å²) in [5, 5.41) is 3.44. The molecular weight excluding hydrogens is 302 g/mol. The van der Waals surface area contributed by atoms with Crippen LogP contribution in [-0.4, -0.2) is 12.6 Å². The first-order chi connectivity index (χ1) is 8.90. The summed E-state index contributed by atoms with van der Waals surface area (Å²) in [6, 6.07) is 4.68. The van der Waals surface area contributed by atoms with Crippen LogP contribution in [0.1, 0.15) is 38.3 Å². The number of hydrogen-bond donors (Lipinski definition) is 1. The van der Waals surface area contributed by atoms with Crippen LogP contribution in [0.3, 0.4) is 0 Å². The fourth-order valence-corrected chi connectivity index (χ4v) is 2.40. The summed E-state index contributed by atoms with van der Waals surface area (Å²) < 4.78 is 7.04. The Hall–Kier alpha value is -0.800. The van der Waals surface area contributed by atoms with Gasteiger partial charge in [-0.3, -0.25) is 0 Å². The normalized spacial score (nSPS) is 10.8. The van der Waals surface area contributed by atoms with Gasteiger partial charge in [0.05, 0.1) is 6.61 Å². The van der Waals surface area contributed by atoms with Gasteiger partial charge in [-0.25, -0.2) is 0 Å². The van der Waals surface area contributed by atoms with Crippen LogP contribution in [0.2, 0.25) is 0 Å². The maximum Gasteiger partial charge on any atom is 0.126 e. The summed E-state index contributed by atoms with van der Waals surface area (Å²) in [4.78, 5) is 0. The van der Waals surface area contributed by atoms with Crippen molar-refractivity contribution in [2.75, 3.05) is 6.61 Å². The molecule has 0 spiro atoms. The van der Waals surface area contributed by atoms with E-state index in [0.29, 0.717) is 12.6 Å². The van der Waals surface area contributed by atoms with Crippen LogP contribution in [0.25, 0.3) is 0 Å². The lowest BCUT2D eigenvalue weighted by Crippen LogP contribution is -2.22. The van der Waals surface area contributed by atoms with Crippen molar-refractivity contribution in [2.45, 2.75) is 46.7 Å². The molecule has 1 aromatic rings. The summed E-state index contributed by atoms with van der Waals surface area (Å²) in [6.07, 6.45) is 0.895. The number of hydrogen-bond acceptors (Lipinski definition) is 2. The zero-order valence-corrected chi connectivity index (χ0v) is 13.9. The maximum absolute atomic E-state index is 5.94. The van der Waals surface area contributed by atoms with E-state index in [1.54, 1.807) is 0 Å². The van der Waals surface area contributed by atoms with Gasteiger partial charge in [-0.2, -0.15) is 0 Å². The SMILES string of the molecule is C=C(C)CCOc1c(C)cc(Br)cc1CNC(C)C. The molecule has 0 radical (unpaired) electrons. The van der Waals surface area contributed by atoms with Gasteiger partial charge in [0.2, 0.25) is 0 Å². The monoisotopic (exact) mass is 325 g/mol. The highest BCUT2D eigenvalue weighted by Gasteiger charge is 2.09. The summed E-state index contributed by atoms with van der Waals surface area (Å²) in [7, 11) is 0. The lowest BCUT2D eigenvalue weighted by Gasteiger charge is -2.16. The number of aryl methyl sites for hydroxylation is 1. The van der Waals surface area contributed by atoms with E-state index in [9.17, 15) is 0 Å². The molecule has 0 fully saturated rings. The highest BCUT2D eigenvalue weighted by Crippen LogP contribution is 2.28. The van der Waals surface area contributed by atoms with Gasteiger partial charge in [0, 0.05) is 29.0 Å². The number of nitrogens with one attached hydrogen (secondary N) is 1. The molecule has 1 N–H and O–H groups in total. The second-order valence-corrected chi connectivity index (χ2v) is 6.22. The van der Waals surface area contributed by atoms with E-state index in [1.807, 2.05) is 6.92 Å². The molecule has 0 unspecified atom stereocenters. The van der Waals surface area contributed by atoms with Gasteiger partial charge in [-0.15, -0.1) is 6.58 Å². The molecule has 0 atom stereocenters. The smallest absolute Gasteiger partial charge is 0.126 e. The molecule has 0 aliphatic rings. The van der Waals surface area contributed by atoms with E-state index in [2.05, 4.69) is 60.7 Å². The highest BCUT2D eigenvalue weighted by atomic mass is 79.9. The van der Waals surface area contributed by atoms with Crippen molar-refractivity contribution in [1.29, 1.82) is 0 Å². The van der Waals surface area contributed by atoms with E-state index in [0.717, 1.165) is 34.3 Å². The Bertz CT molecular complexity index is 441. The fourth-order valence-electron chi connectivity index (χ4n) is 1.78. The summed E-state index contributed by atoms with van der Waals surface area (Å²) in [5.74, 6) is 0.998. The number of rotatable bonds is 7. The molecule has 1 aromatic carbocycles. The van der Waals surface area contributed by atoms with Crippen LogP contribution in [0.4, 0.5) is 0 Å². The molecule has 0 aliphatic heterocycles. The highest BCUT2D eigenvalue weighted by molar-refractivity contribution is 9.10. The maximum atomic E-state index is 5.94. The molecule has 0 saturated heterocycles. The first-order valence-electron chi connectivity index (χ1n) is 6.69. The molecule has 0 aliphatic carbocycles. The molecular formula is C16H24BrNO. The van der Waals surface area contributed by atoms with Crippen molar-refractivity contribution in [3.8, 4) is 5.75 Å². The predicted molar refractivity (Wildman–Crippen MR) is 85.8 cm³/mol.